The molecule has 0 aromatic heterocycles. The molecule has 0 radical (unpaired) electrons. The summed E-state index contributed by atoms with van der Waals surface area (Å²) in [5.41, 5.74) is 2.61. The Morgan fingerprint density at radius 1 is 0.865 bits per heavy atom. The van der Waals surface area contributed by atoms with Crippen molar-refractivity contribution in [3.8, 4) is 0 Å². The predicted molar refractivity (Wildman–Crippen MR) is 142 cm³/mol. The molecule has 0 spiro atoms. The summed E-state index contributed by atoms with van der Waals surface area (Å²) in [6.07, 6.45) is 0. The van der Waals surface area contributed by atoms with Crippen LogP contribution in [-0.4, -0.2) is 59.9 Å². The van der Waals surface area contributed by atoms with Crippen LogP contribution in [0.3, 0.4) is 0 Å². The zero-order chi connectivity index (χ0) is 26.6. The molecule has 0 aliphatic carbocycles. The van der Waals surface area contributed by atoms with Crippen LogP contribution in [0.15, 0.2) is 82.6 Å². The number of hydrogen-bond donors (Lipinski definition) is 1. The average molecular weight is 544 g/mol. The molecule has 0 saturated carbocycles. The van der Waals surface area contributed by atoms with Gasteiger partial charge in [-0.3, -0.25) is 9.10 Å². The lowest BCUT2D eigenvalue weighted by Crippen LogP contribution is -2.40. The zero-order valence-electron chi connectivity index (χ0n) is 20.6. The second-order valence-electron chi connectivity index (χ2n) is 8.68. The molecule has 0 bridgehead atoms. The van der Waals surface area contributed by atoms with Crippen molar-refractivity contribution in [1.82, 2.24) is 4.31 Å². The van der Waals surface area contributed by atoms with E-state index in [9.17, 15) is 21.6 Å². The Bertz CT molecular complexity index is 1470. The van der Waals surface area contributed by atoms with Crippen molar-refractivity contribution < 1.29 is 26.4 Å². The number of nitrogens with one attached hydrogen (secondary N) is 1. The number of sulfonamides is 2. The van der Waals surface area contributed by atoms with Gasteiger partial charge in [0.25, 0.3) is 10.0 Å². The fourth-order valence-electron chi connectivity index (χ4n) is 3.89. The Morgan fingerprint density at radius 2 is 1.51 bits per heavy atom. The van der Waals surface area contributed by atoms with Crippen LogP contribution in [0, 0.1) is 13.8 Å². The third kappa shape index (κ3) is 6.02. The molecule has 0 atom stereocenters. The first-order valence-corrected chi connectivity index (χ1v) is 14.6. The fourth-order valence-corrected chi connectivity index (χ4v) is 6.73. The van der Waals surface area contributed by atoms with E-state index < -0.39 is 32.5 Å². The quantitative estimate of drug-likeness (QED) is 0.467. The summed E-state index contributed by atoms with van der Waals surface area (Å²) in [5.74, 6) is -0.568. The van der Waals surface area contributed by atoms with Crippen LogP contribution in [0.2, 0.25) is 0 Å². The molecule has 1 aliphatic rings. The van der Waals surface area contributed by atoms with Gasteiger partial charge < -0.3 is 10.1 Å². The van der Waals surface area contributed by atoms with Gasteiger partial charge in [-0.15, -0.1) is 0 Å². The van der Waals surface area contributed by atoms with Crippen molar-refractivity contribution in [1.29, 1.82) is 0 Å². The van der Waals surface area contributed by atoms with E-state index >= 15 is 0 Å². The molecule has 1 fully saturated rings. The number of benzene rings is 3. The summed E-state index contributed by atoms with van der Waals surface area (Å²) in [5, 5.41) is 2.68. The van der Waals surface area contributed by atoms with Gasteiger partial charge >= 0.3 is 0 Å². The predicted octanol–water partition coefficient (Wildman–Crippen LogP) is 3.16. The SMILES string of the molecule is Cc1ccc(N(CC(=O)Nc2ccc(S(=O)(=O)N3CCOCC3)cc2)S(=O)(=O)c2ccccc2)cc1C. The van der Waals surface area contributed by atoms with Crippen molar-refractivity contribution in [2.75, 3.05) is 42.5 Å². The number of rotatable bonds is 8. The highest BCUT2D eigenvalue weighted by Gasteiger charge is 2.28. The highest BCUT2D eigenvalue weighted by Crippen LogP contribution is 2.26. The van der Waals surface area contributed by atoms with Gasteiger partial charge in [0.2, 0.25) is 15.9 Å². The highest BCUT2D eigenvalue weighted by atomic mass is 32.2. The lowest BCUT2D eigenvalue weighted by atomic mass is 10.1. The first-order chi connectivity index (χ1) is 17.6. The third-order valence-electron chi connectivity index (χ3n) is 6.14. The van der Waals surface area contributed by atoms with Gasteiger partial charge in [0.15, 0.2) is 0 Å². The molecular formula is C26H29N3O6S2. The van der Waals surface area contributed by atoms with Crippen LogP contribution in [-0.2, 0) is 29.6 Å². The number of carbonyl (C=O) groups excluding carboxylic acids is 1. The Balaban J connectivity index is 1.55. The maximum absolute atomic E-state index is 13.5. The molecule has 1 amide bonds. The van der Waals surface area contributed by atoms with Gasteiger partial charge in [-0.05, 0) is 73.5 Å². The Morgan fingerprint density at radius 3 is 2.14 bits per heavy atom. The number of ether oxygens (including phenoxy) is 1. The zero-order valence-corrected chi connectivity index (χ0v) is 22.3. The molecule has 9 nitrogen and oxygen atoms in total. The molecular weight excluding hydrogens is 514 g/mol. The highest BCUT2D eigenvalue weighted by molar-refractivity contribution is 7.92. The third-order valence-corrected chi connectivity index (χ3v) is 9.84. The van der Waals surface area contributed by atoms with Crippen LogP contribution in [0.1, 0.15) is 11.1 Å². The number of hydrogen-bond acceptors (Lipinski definition) is 6. The molecule has 37 heavy (non-hydrogen) atoms. The summed E-state index contributed by atoms with van der Waals surface area (Å²) in [6.45, 7) is 4.58. The van der Waals surface area contributed by atoms with Gasteiger partial charge in [0.1, 0.15) is 6.54 Å². The van der Waals surface area contributed by atoms with E-state index in [-0.39, 0.29) is 22.9 Å². The monoisotopic (exact) mass is 543 g/mol. The topological polar surface area (TPSA) is 113 Å². The Hall–Kier alpha value is -3.25. The van der Waals surface area contributed by atoms with Crippen LogP contribution in [0.25, 0.3) is 0 Å². The van der Waals surface area contributed by atoms with Crippen molar-refractivity contribution >= 4 is 37.3 Å². The normalized spacial score (nSPS) is 14.8. The van der Waals surface area contributed by atoms with E-state index in [1.807, 2.05) is 19.9 Å². The van der Waals surface area contributed by atoms with Gasteiger partial charge in [0.05, 0.1) is 28.7 Å². The lowest BCUT2D eigenvalue weighted by molar-refractivity contribution is -0.114. The van der Waals surface area contributed by atoms with Crippen molar-refractivity contribution in [2.24, 2.45) is 0 Å². The molecule has 1 saturated heterocycles. The molecule has 0 unspecified atom stereocenters. The number of carbonyl (C=O) groups is 1. The minimum Gasteiger partial charge on any atom is -0.379 e. The van der Waals surface area contributed by atoms with Gasteiger partial charge in [-0.25, -0.2) is 16.8 Å². The van der Waals surface area contributed by atoms with Gasteiger partial charge in [0, 0.05) is 18.8 Å². The minimum atomic E-state index is -4.03. The smallest absolute Gasteiger partial charge is 0.264 e. The molecule has 3 aromatic rings. The van der Waals surface area contributed by atoms with Crippen LogP contribution < -0.4 is 9.62 Å². The molecule has 1 aliphatic heterocycles. The summed E-state index contributed by atoms with van der Waals surface area (Å²) < 4.78 is 60.3. The maximum atomic E-state index is 13.5. The van der Waals surface area contributed by atoms with E-state index in [4.69, 9.17) is 4.74 Å². The lowest BCUT2D eigenvalue weighted by Gasteiger charge is -2.26. The van der Waals surface area contributed by atoms with E-state index in [0.29, 0.717) is 24.6 Å². The first-order valence-electron chi connectivity index (χ1n) is 11.7. The number of anilines is 2. The maximum Gasteiger partial charge on any atom is 0.264 e. The second-order valence-corrected chi connectivity index (χ2v) is 12.5. The van der Waals surface area contributed by atoms with Crippen molar-refractivity contribution in [3.05, 3.63) is 83.9 Å². The fraction of sp³-hybridized carbons (Fsp3) is 0.269. The second kappa shape index (κ2) is 11.0. The largest absolute Gasteiger partial charge is 0.379 e. The van der Waals surface area contributed by atoms with E-state index in [1.165, 1.54) is 40.7 Å². The molecule has 1 heterocycles. The molecule has 1 N–H and O–H groups in total. The summed E-state index contributed by atoms with van der Waals surface area (Å²) in [6, 6.07) is 18.9. The van der Waals surface area contributed by atoms with Crippen LogP contribution >= 0.6 is 0 Å². The summed E-state index contributed by atoms with van der Waals surface area (Å²) in [7, 11) is -7.70. The Kier molecular flexibility index (Phi) is 7.98. The summed E-state index contributed by atoms with van der Waals surface area (Å²) in [4.78, 5) is 13.2. The standard InChI is InChI=1S/C26H29N3O6S2/c1-20-8-11-23(18-21(20)2)29(37(33,34)24-6-4-3-5-7-24)19-26(30)27-22-9-12-25(13-10-22)36(31,32)28-14-16-35-17-15-28/h3-13,18H,14-17,19H2,1-2H3,(H,27,30). The van der Waals surface area contributed by atoms with E-state index in [0.717, 1.165) is 15.4 Å². The van der Waals surface area contributed by atoms with Crippen molar-refractivity contribution in [3.63, 3.8) is 0 Å². The van der Waals surface area contributed by atoms with Crippen LogP contribution in [0.5, 0.6) is 0 Å². The number of amides is 1. The Labute approximate surface area is 217 Å². The number of morpholine rings is 1. The molecule has 11 heteroatoms. The van der Waals surface area contributed by atoms with Gasteiger partial charge in [-0.2, -0.15) is 4.31 Å². The molecule has 3 aromatic carbocycles. The molecule has 4 rings (SSSR count). The summed E-state index contributed by atoms with van der Waals surface area (Å²) >= 11 is 0. The van der Waals surface area contributed by atoms with E-state index in [2.05, 4.69) is 5.32 Å². The number of aryl methyl sites for hydroxylation is 2. The minimum absolute atomic E-state index is 0.0682. The van der Waals surface area contributed by atoms with E-state index in [1.54, 1.807) is 30.3 Å². The van der Waals surface area contributed by atoms with Crippen LogP contribution in [0.4, 0.5) is 11.4 Å². The molecule has 196 valence electrons. The average Bonchev–Trinajstić information content (AvgIpc) is 2.90. The number of nitrogens with zero attached hydrogens (tertiary/aromatic N) is 2. The van der Waals surface area contributed by atoms with Gasteiger partial charge in [-0.1, -0.05) is 24.3 Å². The first kappa shape index (κ1) is 26.8. The van der Waals surface area contributed by atoms with Crippen molar-refractivity contribution in [2.45, 2.75) is 23.6 Å².